The molecular formula is C22H27NO3. The number of hydrogen-bond acceptors (Lipinski definition) is 3. The zero-order valence-electron chi connectivity index (χ0n) is 15.3. The fraction of sp³-hybridized carbons (Fsp3) is 0.409. The van der Waals surface area contributed by atoms with Crippen molar-refractivity contribution < 1.29 is 14.3 Å². The Morgan fingerprint density at radius 2 is 1.58 bits per heavy atom. The first-order valence-electron chi connectivity index (χ1n) is 9.40. The van der Waals surface area contributed by atoms with Crippen LogP contribution in [0.3, 0.4) is 0 Å². The number of nitrogens with zero attached hydrogens (tertiary/aromatic N) is 1. The number of hydrogen-bond donors (Lipinski definition) is 0. The van der Waals surface area contributed by atoms with Crippen LogP contribution in [0.15, 0.2) is 60.7 Å². The van der Waals surface area contributed by atoms with Crippen LogP contribution < -0.4 is 9.47 Å². The van der Waals surface area contributed by atoms with Gasteiger partial charge < -0.3 is 14.4 Å². The number of ether oxygens (including phenoxy) is 2. The first-order chi connectivity index (χ1) is 12.7. The molecule has 0 aliphatic carbocycles. The summed E-state index contributed by atoms with van der Waals surface area (Å²) >= 11 is 0. The van der Waals surface area contributed by atoms with Crippen molar-refractivity contribution in [3.05, 3.63) is 60.7 Å². The maximum atomic E-state index is 12.6. The summed E-state index contributed by atoms with van der Waals surface area (Å²) in [5.74, 6) is 2.36. The molecule has 0 aromatic heterocycles. The van der Waals surface area contributed by atoms with Crippen molar-refractivity contribution in [2.45, 2.75) is 32.3 Å². The van der Waals surface area contributed by atoms with Crippen LogP contribution in [0.25, 0.3) is 0 Å². The lowest BCUT2D eigenvalue weighted by Crippen LogP contribution is -2.44. The molecule has 1 aliphatic rings. The van der Waals surface area contributed by atoms with Crippen molar-refractivity contribution in [1.82, 2.24) is 4.90 Å². The van der Waals surface area contributed by atoms with Gasteiger partial charge in [0, 0.05) is 13.1 Å². The molecule has 0 spiro atoms. The van der Waals surface area contributed by atoms with Gasteiger partial charge in [0.15, 0.2) is 6.10 Å². The van der Waals surface area contributed by atoms with Gasteiger partial charge in [-0.05, 0) is 56.4 Å². The molecule has 1 fully saturated rings. The Hall–Kier alpha value is -2.49. The van der Waals surface area contributed by atoms with Gasteiger partial charge in [-0.15, -0.1) is 0 Å². The summed E-state index contributed by atoms with van der Waals surface area (Å²) in [4.78, 5) is 14.5. The van der Waals surface area contributed by atoms with E-state index in [1.807, 2.05) is 72.5 Å². The average Bonchev–Trinajstić information content (AvgIpc) is 2.69. The van der Waals surface area contributed by atoms with E-state index in [2.05, 4.69) is 0 Å². The number of likely N-dealkylation sites (tertiary alicyclic amines) is 1. The second-order valence-corrected chi connectivity index (χ2v) is 6.79. The zero-order valence-corrected chi connectivity index (χ0v) is 15.3. The van der Waals surface area contributed by atoms with Crippen LogP contribution in [0.5, 0.6) is 11.5 Å². The van der Waals surface area contributed by atoms with E-state index in [0.29, 0.717) is 5.92 Å². The number of carbonyl (C=O) groups excluding carboxylic acids is 1. The third-order valence-electron chi connectivity index (χ3n) is 4.87. The Bertz CT molecular complexity index is 666. The molecule has 26 heavy (non-hydrogen) atoms. The van der Waals surface area contributed by atoms with Crippen LogP contribution >= 0.6 is 0 Å². The van der Waals surface area contributed by atoms with Crippen molar-refractivity contribution in [1.29, 1.82) is 0 Å². The smallest absolute Gasteiger partial charge is 0.263 e. The second-order valence-electron chi connectivity index (χ2n) is 6.79. The predicted molar refractivity (Wildman–Crippen MR) is 102 cm³/mol. The Kier molecular flexibility index (Phi) is 6.53. The van der Waals surface area contributed by atoms with E-state index in [1.54, 1.807) is 0 Å². The number of para-hydroxylation sites is 2. The zero-order chi connectivity index (χ0) is 18.2. The van der Waals surface area contributed by atoms with Gasteiger partial charge in [-0.25, -0.2) is 0 Å². The van der Waals surface area contributed by atoms with Gasteiger partial charge in [0.25, 0.3) is 5.91 Å². The number of rotatable bonds is 7. The minimum absolute atomic E-state index is 0.0767. The van der Waals surface area contributed by atoms with Crippen molar-refractivity contribution in [3.63, 3.8) is 0 Å². The van der Waals surface area contributed by atoms with Crippen molar-refractivity contribution >= 4 is 5.91 Å². The van der Waals surface area contributed by atoms with E-state index < -0.39 is 6.10 Å². The Morgan fingerprint density at radius 1 is 1.00 bits per heavy atom. The van der Waals surface area contributed by atoms with E-state index in [4.69, 9.17) is 9.47 Å². The van der Waals surface area contributed by atoms with E-state index in [0.717, 1.165) is 50.5 Å². The lowest BCUT2D eigenvalue weighted by molar-refractivity contribution is -0.139. The third kappa shape index (κ3) is 5.25. The molecule has 2 aromatic rings. The maximum absolute atomic E-state index is 12.6. The number of amides is 1. The molecule has 0 saturated carbocycles. The topological polar surface area (TPSA) is 38.8 Å². The van der Waals surface area contributed by atoms with Crippen molar-refractivity contribution in [3.8, 4) is 11.5 Å². The summed E-state index contributed by atoms with van der Waals surface area (Å²) < 4.78 is 11.5. The molecule has 1 unspecified atom stereocenters. The van der Waals surface area contributed by atoms with Gasteiger partial charge in [0.05, 0.1) is 6.61 Å². The van der Waals surface area contributed by atoms with Gasteiger partial charge in [0.2, 0.25) is 0 Å². The number of benzene rings is 2. The Labute approximate surface area is 155 Å². The van der Waals surface area contributed by atoms with E-state index >= 15 is 0 Å². The fourth-order valence-electron chi connectivity index (χ4n) is 3.31. The second kappa shape index (κ2) is 9.27. The van der Waals surface area contributed by atoms with Crippen LogP contribution in [0, 0.1) is 5.92 Å². The quantitative estimate of drug-likeness (QED) is 0.750. The highest BCUT2D eigenvalue weighted by atomic mass is 16.5. The van der Waals surface area contributed by atoms with Crippen LogP contribution in [0.1, 0.15) is 26.2 Å². The molecule has 1 aliphatic heterocycles. The van der Waals surface area contributed by atoms with Crippen LogP contribution in [-0.2, 0) is 4.79 Å². The first-order valence-corrected chi connectivity index (χ1v) is 9.40. The van der Waals surface area contributed by atoms with Crippen molar-refractivity contribution in [2.75, 3.05) is 19.7 Å². The minimum atomic E-state index is -0.449. The van der Waals surface area contributed by atoms with Gasteiger partial charge in [0.1, 0.15) is 11.5 Å². The Morgan fingerprint density at radius 3 is 2.19 bits per heavy atom. The summed E-state index contributed by atoms with van der Waals surface area (Å²) in [5.41, 5.74) is 0. The standard InChI is InChI=1S/C22H27NO3/c1-18(26-21-10-6-3-7-11-21)22(24)23-15-12-19(13-16-23)14-17-25-20-8-4-2-5-9-20/h2-11,18-19H,12-17H2,1H3. The SMILES string of the molecule is CC(Oc1ccccc1)C(=O)N1CCC(CCOc2ccccc2)CC1. The molecular weight excluding hydrogens is 326 g/mol. The summed E-state index contributed by atoms with van der Waals surface area (Å²) in [5, 5.41) is 0. The fourth-order valence-corrected chi connectivity index (χ4v) is 3.31. The molecule has 1 atom stereocenters. The first kappa shape index (κ1) is 18.3. The van der Waals surface area contributed by atoms with Crippen LogP contribution in [0.2, 0.25) is 0 Å². The lowest BCUT2D eigenvalue weighted by Gasteiger charge is -2.33. The molecule has 1 amide bonds. The molecule has 2 aromatic carbocycles. The summed E-state index contributed by atoms with van der Waals surface area (Å²) in [6, 6.07) is 19.4. The van der Waals surface area contributed by atoms with E-state index in [9.17, 15) is 4.79 Å². The molecule has 0 N–H and O–H groups in total. The highest BCUT2D eigenvalue weighted by molar-refractivity contribution is 5.81. The minimum Gasteiger partial charge on any atom is -0.494 e. The Balaban J connectivity index is 1.38. The summed E-state index contributed by atoms with van der Waals surface area (Å²) in [6.45, 7) is 4.17. The molecule has 1 saturated heterocycles. The van der Waals surface area contributed by atoms with Gasteiger partial charge in [-0.3, -0.25) is 4.79 Å². The summed E-state index contributed by atoms with van der Waals surface area (Å²) in [7, 11) is 0. The lowest BCUT2D eigenvalue weighted by atomic mass is 9.93. The van der Waals surface area contributed by atoms with Crippen LogP contribution in [-0.4, -0.2) is 36.6 Å². The predicted octanol–water partition coefficient (Wildman–Crippen LogP) is 4.16. The highest BCUT2D eigenvalue weighted by Crippen LogP contribution is 2.22. The van der Waals surface area contributed by atoms with E-state index in [1.165, 1.54) is 0 Å². The number of carbonyl (C=O) groups is 1. The normalized spacial score (nSPS) is 16.1. The molecule has 4 nitrogen and oxygen atoms in total. The molecule has 0 radical (unpaired) electrons. The average molecular weight is 353 g/mol. The monoisotopic (exact) mass is 353 g/mol. The van der Waals surface area contributed by atoms with Gasteiger partial charge in [-0.2, -0.15) is 0 Å². The van der Waals surface area contributed by atoms with E-state index in [-0.39, 0.29) is 5.91 Å². The van der Waals surface area contributed by atoms with Gasteiger partial charge >= 0.3 is 0 Å². The third-order valence-corrected chi connectivity index (χ3v) is 4.87. The molecule has 4 heteroatoms. The molecule has 3 rings (SSSR count). The van der Waals surface area contributed by atoms with Crippen molar-refractivity contribution in [2.24, 2.45) is 5.92 Å². The van der Waals surface area contributed by atoms with Crippen LogP contribution in [0.4, 0.5) is 0 Å². The molecule has 138 valence electrons. The summed E-state index contributed by atoms with van der Waals surface area (Å²) in [6.07, 6.45) is 2.65. The molecule has 0 bridgehead atoms. The largest absolute Gasteiger partial charge is 0.494 e. The highest BCUT2D eigenvalue weighted by Gasteiger charge is 2.26. The molecule has 1 heterocycles. The number of piperidine rings is 1. The van der Waals surface area contributed by atoms with Gasteiger partial charge in [-0.1, -0.05) is 36.4 Å². The maximum Gasteiger partial charge on any atom is 0.263 e.